The van der Waals surface area contributed by atoms with E-state index in [4.69, 9.17) is 15.2 Å². The highest BCUT2D eigenvalue weighted by Gasteiger charge is 2.42. The second-order valence-electron chi connectivity index (χ2n) is 5.30. The number of thiophene rings is 1. The Morgan fingerprint density at radius 1 is 1.30 bits per heavy atom. The molecule has 2 aliphatic rings. The third-order valence-corrected chi connectivity index (χ3v) is 5.08. The van der Waals surface area contributed by atoms with Gasteiger partial charge in [0.25, 0.3) is 5.91 Å². The monoisotopic (exact) mass is 340 g/mol. The van der Waals surface area contributed by atoms with Crippen molar-refractivity contribution in [1.29, 1.82) is 0 Å². The predicted molar refractivity (Wildman–Crippen MR) is 80.1 cm³/mol. The fourth-order valence-electron chi connectivity index (χ4n) is 2.91. The lowest BCUT2D eigenvalue weighted by atomic mass is 9.90. The molecule has 2 amide bonds. The fraction of sp³-hybridized carbons (Fsp3) is 0.500. The Bertz CT molecular complexity index is 677. The molecule has 3 rings (SSSR count). The summed E-state index contributed by atoms with van der Waals surface area (Å²) in [5.74, 6) is -3.29. The van der Waals surface area contributed by atoms with Crippen LogP contribution in [0.15, 0.2) is 0 Å². The first-order chi connectivity index (χ1) is 11.0. The number of primary amides is 1. The van der Waals surface area contributed by atoms with Crippen LogP contribution >= 0.6 is 11.3 Å². The van der Waals surface area contributed by atoms with E-state index in [1.54, 1.807) is 0 Å². The molecule has 1 fully saturated rings. The summed E-state index contributed by atoms with van der Waals surface area (Å²) in [5.41, 5.74) is 6.48. The van der Waals surface area contributed by atoms with Gasteiger partial charge in [-0.1, -0.05) is 0 Å². The molecule has 2 heterocycles. The number of esters is 1. The van der Waals surface area contributed by atoms with Gasteiger partial charge in [0.15, 0.2) is 5.79 Å². The molecule has 8 nitrogen and oxygen atoms in total. The van der Waals surface area contributed by atoms with E-state index < -0.39 is 23.6 Å². The van der Waals surface area contributed by atoms with Crippen molar-refractivity contribution in [3.05, 3.63) is 16.0 Å². The number of rotatable bonds is 2. The van der Waals surface area contributed by atoms with E-state index in [0.717, 1.165) is 17.6 Å². The van der Waals surface area contributed by atoms with Gasteiger partial charge >= 0.3 is 11.9 Å². The number of nitrogens with one attached hydrogen (secondary N) is 1. The summed E-state index contributed by atoms with van der Waals surface area (Å²) in [7, 11) is 1.11. The average molecular weight is 340 g/mol. The number of fused-ring (bicyclic) bond motifs is 1. The molecule has 1 aliphatic heterocycles. The summed E-state index contributed by atoms with van der Waals surface area (Å²) >= 11 is 1.21. The van der Waals surface area contributed by atoms with E-state index in [2.05, 4.69) is 10.1 Å². The minimum atomic E-state index is -1.04. The first kappa shape index (κ1) is 15.9. The van der Waals surface area contributed by atoms with E-state index in [1.807, 2.05) is 0 Å². The van der Waals surface area contributed by atoms with Gasteiger partial charge < -0.3 is 25.3 Å². The van der Waals surface area contributed by atoms with E-state index >= 15 is 0 Å². The Hall–Kier alpha value is -1.97. The molecule has 1 aromatic rings. The van der Waals surface area contributed by atoms with Crippen LogP contribution in [0, 0.1) is 0 Å². The summed E-state index contributed by atoms with van der Waals surface area (Å²) < 4.78 is 15.7. The smallest absolute Gasteiger partial charge is 0.396 e. The van der Waals surface area contributed by atoms with Gasteiger partial charge in [0.05, 0.1) is 25.9 Å². The van der Waals surface area contributed by atoms with Gasteiger partial charge in [0.2, 0.25) is 0 Å². The number of anilines is 1. The number of hydrogen-bond acceptors (Lipinski definition) is 7. The summed E-state index contributed by atoms with van der Waals surface area (Å²) in [6, 6.07) is 0. The second-order valence-corrected chi connectivity index (χ2v) is 6.41. The maximum atomic E-state index is 11.8. The summed E-state index contributed by atoms with van der Waals surface area (Å²) in [6.07, 6.45) is 1.65. The number of carbonyl (C=O) groups excluding carboxylic acids is 3. The molecule has 124 valence electrons. The zero-order valence-corrected chi connectivity index (χ0v) is 13.3. The number of methoxy groups -OCH3 is 1. The van der Waals surface area contributed by atoms with Crippen LogP contribution in [-0.4, -0.2) is 43.9 Å². The van der Waals surface area contributed by atoms with Gasteiger partial charge in [-0.25, -0.2) is 4.79 Å². The number of carbonyl (C=O) groups is 3. The summed E-state index contributed by atoms with van der Waals surface area (Å²) in [5, 5.41) is 2.66. The Kier molecular flexibility index (Phi) is 4.09. The standard InChI is InChI=1S/C14H16N2O6S/c1-20-13(19)11(18)16-12-9(10(15)17)7-2-3-14(6-8(7)23-12)21-4-5-22-14/h2-6H2,1H3,(H2,15,17)(H,16,18). The minimum Gasteiger partial charge on any atom is -0.462 e. The van der Waals surface area contributed by atoms with Crippen molar-refractivity contribution in [2.45, 2.75) is 25.0 Å². The molecular weight excluding hydrogens is 324 g/mol. The molecule has 0 bridgehead atoms. The maximum Gasteiger partial charge on any atom is 0.396 e. The lowest BCUT2D eigenvalue weighted by Gasteiger charge is -2.31. The van der Waals surface area contributed by atoms with Crippen LogP contribution in [0.5, 0.6) is 0 Å². The van der Waals surface area contributed by atoms with E-state index in [9.17, 15) is 14.4 Å². The Morgan fingerprint density at radius 2 is 2.00 bits per heavy atom. The second kappa shape index (κ2) is 5.91. The highest BCUT2D eigenvalue weighted by molar-refractivity contribution is 7.17. The lowest BCUT2D eigenvalue weighted by Crippen LogP contribution is -2.36. The zero-order valence-electron chi connectivity index (χ0n) is 12.5. The largest absolute Gasteiger partial charge is 0.462 e. The lowest BCUT2D eigenvalue weighted by molar-refractivity contribution is -0.163. The van der Waals surface area contributed by atoms with Crippen molar-refractivity contribution in [3.8, 4) is 0 Å². The highest BCUT2D eigenvalue weighted by atomic mass is 32.1. The van der Waals surface area contributed by atoms with Gasteiger partial charge in [-0.2, -0.15) is 0 Å². The molecule has 1 aliphatic carbocycles. The number of amides is 2. The topological polar surface area (TPSA) is 117 Å². The molecule has 1 spiro atoms. The summed E-state index contributed by atoms with van der Waals surface area (Å²) in [6.45, 7) is 1.07. The van der Waals surface area contributed by atoms with Crippen molar-refractivity contribution >= 4 is 34.1 Å². The minimum absolute atomic E-state index is 0.245. The van der Waals surface area contributed by atoms with Crippen molar-refractivity contribution in [3.63, 3.8) is 0 Å². The third-order valence-electron chi connectivity index (χ3n) is 3.93. The zero-order chi connectivity index (χ0) is 16.6. The molecule has 0 aromatic carbocycles. The summed E-state index contributed by atoms with van der Waals surface area (Å²) in [4.78, 5) is 35.6. The molecule has 23 heavy (non-hydrogen) atoms. The van der Waals surface area contributed by atoms with Gasteiger partial charge in [-0.15, -0.1) is 11.3 Å². The van der Waals surface area contributed by atoms with Crippen molar-refractivity contribution in [2.75, 3.05) is 25.6 Å². The molecule has 1 aromatic heterocycles. The van der Waals surface area contributed by atoms with Crippen molar-refractivity contribution in [2.24, 2.45) is 5.73 Å². The van der Waals surface area contributed by atoms with Crippen molar-refractivity contribution in [1.82, 2.24) is 0 Å². The van der Waals surface area contributed by atoms with Gasteiger partial charge in [0, 0.05) is 17.7 Å². The van der Waals surface area contributed by atoms with Crippen LogP contribution in [0.2, 0.25) is 0 Å². The Morgan fingerprint density at radius 3 is 2.61 bits per heavy atom. The van der Waals surface area contributed by atoms with E-state index in [1.165, 1.54) is 11.3 Å². The van der Waals surface area contributed by atoms with Crippen LogP contribution in [0.4, 0.5) is 5.00 Å². The predicted octanol–water partition coefficient (Wildman–Crippen LogP) is 0.190. The quantitative estimate of drug-likeness (QED) is 0.586. The number of nitrogens with two attached hydrogens (primary N) is 1. The Labute approximate surface area is 135 Å². The molecule has 1 saturated heterocycles. The maximum absolute atomic E-state index is 11.8. The molecule has 3 N–H and O–H groups in total. The van der Waals surface area contributed by atoms with Crippen molar-refractivity contribution < 1.29 is 28.6 Å². The first-order valence-electron chi connectivity index (χ1n) is 7.07. The van der Waals surface area contributed by atoms with Gasteiger partial charge in [0.1, 0.15) is 5.00 Å². The third kappa shape index (κ3) is 2.82. The normalized spacial score (nSPS) is 18.5. The van der Waals surface area contributed by atoms with Crippen LogP contribution < -0.4 is 11.1 Å². The van der Waals surface area contributed by atoms with Crippen LogP contribution in [-0.2, 0) is 36.6 Å². The average Bonchev–Trinajstić information content (AvgIpc) is 3.10. The Balaban J connectivity index is 1.92. The fourth-order valence-corrected chi connectivity index (χ4v) is 4.24. The van der Waals surface area contributed by atoms with Crippen LogP contribution in [0.25, 0.3) is 0 Å². The molecule has 0 radical (unpaired) electrons. The van der Waals surface area contributed by atoms with E-state index in [-0.39, 0.29) is 10.6 Å². The number of ether oxygens (including phenoxy) is 3. The highest BCUT2D eigenvalue weighted by Crippen LogP contribution is 2.43. The molecule has 9 heteroatoms. The first-order valence-corrected chi connectivity index (χ1v) is 7.89. The molecule has 0 saturated carbocycles. The molecule has 0 atom stereocenters. The van der Waals surface area contributed by atoms with Gasteiger partial charge in [-0.3, -0.25) is 9.59 Å². The van der Waals surface area contributed by atoms with Crippen LogP contribution in [0.1, 0.15) is 27.2 Å². The molecule has 0 unspecified atom stereocenters. The number of hydrogen-bond donors (Lipinski definition) is 2. The molecular formula is C14H16N2O6S. The van der Waals surface area contributed by atoms with Crippen LogP contribution in [0.3, 0.4) is 0 Å². The van der Waals surface area contributed by atoms with Gasteiger partial charge in [-0.05, 0) is 12.0 Å². The SMILES string of the molecule is COC(=O)C(=O)Nc1sc2c(c1C(N)=O)CCC1(C2)OCCO1. The van der Waals surface area contributed by atoms with E-state index in [0.29, 0.717) is 32.5 Å².